The molecule has 196 valence electrons. The van der Waals surface area contributed by atoms with Gasteiger partial charge >= 0.3 is 12.2 Å². The van der Waals surface area contributed by atoms with Gasteiger partial charge in [0.1, 0.15) is 11.4 Å². The molecule has 0 bridgehead atoms. The Morgan fingerprint density at radius 2 is 1.92 bits per heavy atom. The van der Waals surface area contributed by atoms with E-state index in [1.807, 2.05) is 24.3 Å². The van der Waals surface area contributed by atoms with E-state index in [1.54, 1.807) is 39.1 Å². The van der Waals surface area contributed by atoms with Crippen LogP contribution >= 0.6 is 0 Å². The lowest BCUT2D eigenvalue weighted by molar-refractivity contribution is -0.0518. The van der Waals surface area contributed by atoms with Crippen LogP contribution in [0.1, 0.15) is 31.9 Å². The smallest absolute Gasteiger partial charge is 0.444 e. The lowest BCUT2D eigenvalue weighted by atomic mass is 10.00. The predicted octanol–water partition coefficient (Wildman–Crippen LogP) is 4.61. The molecule has 1 aliphatic heterocycles. The summed E-state index contributed by atoms with van der Waals surface area (Å²) < 4.78 is 35.3. The van der Waals surface area contributed by atoms with Gasteiger partial charge in [-0.2, -0.15) is 0 Å². The number of aromatic nitrogens is 1. The summed E-state index contributed by atoms with van der Waals surface area (Å²) in [6.07, 6.45) is 0.428. The number of amides is 1. The summed E-state index contributed by atoms with van der Waals surface area (Å²) in [5, 5.41) is 5.92. The highest BCUT2D eigenvalue weighted by Crippen LogP contribution is 2.24. The van der Waals surface area contributed by atoms with Crippen molar-refractivity contribution in [2.24, 2.45) is 0 Å². The van der Waals surface area contributed by atoms with Crippen LogP contribution in [-0.4, -0.2) is 47.6 Å². The zero-order chi connectivity index (χ0) is 26.4. The molecule has 1 amide bonds. The van der Waals surface area contributed by atoms with Crippen LogP contribution in [0.4, 0.5) is 14.0 Å². The normalized spacial score (nSPS) is 19.3. The molecular weight excluding hydrogens is 481 g/mol. The van der Waals surface area contributed by atoms with E-state index in [0.29, 0.717) is 17.7 Å². The molecule has 3 atom stereocenters. The van der Waals surface area contributed by atoms with Crippen molar-refractivity contribution in [3.63, 3.8) is 0 Å². The van der Waals surface area contributed by atoms with Gasteiger partial charge in [0.05, 0.1) is 12.2 Å². The van der Waals surface area contributed by atoms with E-state index in [2.05, 4.69) is 15.6 Å². The fraction of sp³-hybridized carbons (Fsp3) is 0.370. The molecule has 0 unspecified atom stereocenters. The first-order chi connectivity index (χ1) is 17.7. The SMILES string of the molecule is CC(C)(C)OC(=O)O[C@H]1CN[C@H](Cc2ccc(-c3cnco3)cc2)[C@@H]1OC(=O)NCc1cccc(F)c1. The van der Waals surface area contributed by atoms with E-state index in [-0.39, 0.29) is 19.1 Å². The Balaban J connectivity index is 1.43. The molecule has 0 spiro atoms. The van der Waals surface area contributed by atoms with Gasteiger partial charge < -0.3 is 29.3 Å². The van der Waals surface area contributed by atoms with E-state index in [4.69, 9.17) is 18.6 Å². The van der Waals surface area contributed by atoms with Crippen LogP contribution < -0.4 is 10.6 Å². The Labute approximate surface area is 214 Å². The summed E-state index contributed by atoms with van der Waals surface area (Å²) in [6.45, 7) is 5.57. The van der Waals surface area contributed by atoms with Gasteiger partial charge in [0.15, 0.2) is 24.4 Å². The lowest BCUT2D eigenvalue weighted by Gasteiger charge is -2.26. The summed E-state index contributed by atoms with van der Waals surface area (Å²) >= 11 is 0. The third-order valence-electron chi connectivity index (χ3n) is 5.68. The molecule has 0 saturated carbocycles. The van der Waals surface area contributed by atoms with Gasteiger partial charge in [0, 0.05) is 18.7 Å². The third-order valence-corrected chi connectivity index (χ3v) is 5.68. The van der Waals surface area contributed by atoms with Crippen molar-refractivity contribution >= 4 is 12.2 Å². The number of benzene rings is 2. The van der Waals surface area contributed by atoms with Crippen molar-refractivity contribution in [2.75, 3.05) is 6.54 Å². The third kappa shape index (κ3) is 7.53. The number of hydrogen-bond donors (Lipinski definition) is 2. The van der Waals surface area contributed by atoms with Gasteiger partial charge in [-0.15, -0.1) is 0 Å². The summed E-state index contributed by atoms with van der Waals surface area (Å²) in [5.74, 6) is 0.264. The first-order valence-electron chi connectivity index (χ1n) is 12.0. The standard InChI is InChI=1S/C27H30FN3O6/c1-27(2,3)37-26(33)35-23-15-30-21(12-17-7-9-19(10-8-17)22-14-29-16-34-22)24(23)36-25(32)31-13-18-5-4-6-20(28)11-18/h4-11,14,16,21,23-24,30H,12-13,15H2,1-3H3,(H,31,32)/t21-,23+,24+/m1/s1. The van der Waals surface area contributed by atoms with E-state index in [1.165, 1.54) is 18.5 Å². The second-order valence-electron chi connectivity index (χ2n) is 9.76. The molecule has 4 rings (SSSR count). The second-order valence-corrected chi connectivity index (χ2v) is 9.76. The fourth-order valence-electron chi connectivity index (χ4n) is 4.02. The Hall–Kier alpha value is -3.92. The van der Waals surface area contributed by atoms with E-state index in [9.17, 15) is 14.0 Å². The Morgan fingerprint density at radius 1 is 1.14 bits per heavy atom. The van der Waals surface area contributed by atoms with Gasteiger partial charge in [-0.3, -0.25) is 0 Å². The number of rotatable bonds is 7. The molecule has 2 N–H and O–H groups in total. The van der Waals surface area contributed by atoms with Crippen molar-refractivity contribution in [3.05, 3.63) is 78.1 Å². The van der Waals surface area contributed by atoms with Crippen LogP contribution in [0.3, 0.4) is 0 Å². The first-order valence-corrected chi connectivity index (χ1v) is 12.0. The van der Waals surface area contributed by atoms with E-state index < -0.39 is 35.9 Å². The molecular formula is C27H30FN3O6. The van der Waals surface area contributed by atoms with E-state index >= 15 is 0 Å². The Morgan fingerprint density at radius 3 is 2.59 bits per heavy atom. The van der Waals surface area contributed by atoms with Crippen molar-refractivity contribution in [1.82, 2.24) is 15.6 Å². The molecule has 0 radical (unpaired) electrons. The number of ether oxygens (including phenoxy) is 3. The summed E-state index contributed by atoms with van der Waals surface area (Å²) in [4.78, 5) is 28.9. The summed E-state index contributed by atoms with van der Waals surface area (Å²) in [6, 6.07) is 13.3. The molecule has 1 aromatic heterocycles. The van der Waals surface area contributed by atoms with Crippen LogP contribution in [0, 0.1) is 5.82 Å². The maximum Gasteiger partial charge on any atom is 0.509 e. The number of nitrogens with one attached hydrogen (secondary N) is 2. The molecule has 2 aromatic carbocycles. The minimum absolute atomic E-state index is 0.0854. The highest BCUT2D eigenvalue weighted by Gasteiger charge is 2.42. The number of hydrogen-bond acceptors (Lipinski definition) is 8. The monoisotopic (exact) mass is 511 g/mol. The largest absolute Gasteiger partial charge is 0.509 e. The molecule has 1 fully saturated rings. The van der Waals surface area contributed by atoms with Crippen LogP contribution in [0.5, 0.6) is 0 Å². The average Bonchev–Trinajstić information content (AvgIpc) is 3.49. The molecule has 9 nitrogen and oxygen atoms in total. The summed E-state index contributed by atoms with van der Waals surface area (Å²) in [5.41, 5.74) is 1.72. The second kappa shape index (κ2) is 11.4. The highest BCUT2D eigenvalue weighted by atomic mass is 19.1. The molecule has 37 heavy (non-hydrogen) atoms. The maximum atomic E-state index is 13.5. The average molecular weight is 512 g/mol. The van der Waals surface area contributed by atoms with Gasteiger partial charge in [-0.1, -0.05) is 36.4 Å². The molecule has 1 aliphatic rings. The lowest BCUT2D eigenvalue weighted by Crippen LogP contribution is -2.43. The van der Waals surface area contributed by atoms with Crippen molar-refractivity contribution in [1.29, 1.82) is 0 Å². The highest BCUT2D eigenvalue weighted by molar-refractivity contribution is 5.68. The van der Waals surface area contributed by atoms with Crippen LogP contribution in [-0.2, 0) is 27.2 Å². The predicted molar refractivity (Wildman–Crippen MR) is 132 cm³/mol. The fourth-order valence-corrected chi connectivity index (χ4v) is 4.02. The molecule has 3 aromatic rings. The number of carbonyl (C=O) groups excluding carboxylic acids is 2. The Kier molecular flexibility index (Phi) is 8.08. The summed E-state index contributed by atoms with van der Waals surface area (Å²) in [7, 11) is 0. The zero-order valence-electron chi connectivity index (χ0n) is 20.9. The Bertz CT molecular complexity index is 1190. The number of nitrogens with zero attached hydrogens (tertiary/aromatic N) is 1. The number of halogens is 1. The maximum absolute atomic E-state index is 13.5. The topological polar surface area (TPSA) is 112 Å². The molecule has 0 aliphatic carbocycles. The van der Waals surface area contributed by atoms with Crippen molar-refractivity contribution in [2.45, 2.75) is 57.6 Å². The minimum Gasteiger partial charge on any atom is -0.444 e. The minimum atomic E-state index is -0.842. The van der Waals surface area contributed by atoms with Crippen LogP contribution in [0.2, 0.25) is 0 Å². The number of alkyl carbamates (subject to hydrolysis) is 1. The molecule has 10 heteroatoms. The van der Waals surface area contributed by atoms with Crippen LogP contribution in [0.25, 0.3) is 11.3 Å². The van der Waals surface area contributed by atoms with Gasteiger partial charge in [0.25, 0.3) is 0 Å². The first kappa shape index (κ1) is 26.2. The quantitative estimate of drug-likeness (QED) is 0.443. The van der Waals surface area contributed by atoms with Crippen molar-refractivity contribution < 1.29 is 32.6 Å². The van der Waals surface area contributed by atoms with E-state index in [0.717, 1.165) is 11.1 Å². The van der Waals surface area contributed by atoms with Gasteiger partial charge in [0.2, 0.25) is 0 Å². The molecule has 1 saturated heterocycles. The zero-order valence-corrected chi connectivity index (χ0v) is 20.9. The van der Waals surface area contributed by atoms with Gasteiger partial charge in [-0.05, 0) is 50.5 Å². The number of carbonyl (C=O) groups is 2. The van der Waals surface area contributed by atoms with Crippen LogP contribution in [0.15, 0.2) is 65.5 Å². The molecule has 2 heterocycles. The van der Waals surface area contributed by atoms with Gasteiger partial charge in [-0.25, -0.2) is 19.0 Å². The number of oxazole rings is 1. The van der Waals surface area contributed by atoms with Crippen molar-refractivity contribution in [3.8, 4) is 11.3 Å².